The van der Waals surface area contributed by atoms with E-state index in [1.807, 2.05) is 12.1 Å². The van der Waals surface area contributed by atoms with E-state index in [0.29, 0.717) is 17.2 Å². The van der Waals surface area contributed by atoms with Gasteiger partial charge < -0.3 is 4.74 Å². The van der Waals surface area contributed by atoms with E-state index in [1.54, 1.807) is 7.11 Å². The zero-order valence-electron chi connectivity index (χ0n) is 8.47. The van der Waals surface area contributed by atoms with Crippen LogP contribution in [0.4, 0.5) is 0 Å². The number of nitriles is 1. The summed E-state index contributed by atoms with van der Waals surface area (Å²) in [6.45, 7) is 4.17. The predicted molar refractivity (Wildman–Crippen MR) is 59.5 cm³/mol. The van der Waals surface area contributed by atoms with Gasteiger partial charge in [-0.25, -0.2) is 0 Å². The highest BCUT2D eigenvalue weighted by Gasteiger charge is 2.10. The van der Waals surface area contributed by atoms with Crippen molar-refractivity contribution < 1.29 is 4.74 Å². The molecule has 2 nitrogen and oxygen atoms in total. The fourth-order valence-corrected chi connectivity index (χ4v) is 1.66. The molecule has 0 aliphatic carbocycles. The van der Waals surface area contributed by atoms with E-state index < -0.39 is 0 Å². The van der Waals surface area contributed by atoms with Crippen LogP contribution in [-0.2, 0) is 0 Å². The Balaban J connectivity index is 3.34. The summed E-state index contributed by atoms with van der Waals surface area (Å²) in [5.41, 5.74) is 1.73. The summed E-state index contributed by atoms with van der Waals surface area (Å²) in [5.74, 6) is 1.11. The lowest BCUT2D eigenvalue weighted by atomic mass is 10.0. The van der Waals surface area contributed by atoms with E-state index in [4.69, 9.17) is 10.00 Å². The second kappa shape index (κ2) is 4.47. The zero-order valence-corrected chi connectivity index (χ0v) is 10.1. The van der Waals surface area contributed by atoms with Crippen LogP contribution in [0.3, 0.4) is 0 Å². The second-order valence-electron chi connectivity index (χ2n) is 3.35. The molecule has 0 atom stereocenters. The molecule has 0 unspecified atom stereocenters. The van der Waals surface area contributed by atoms with Crippen molar-refractivity contribution in [2.24, 2.45) is 0 Å². The van der Waals surface area contributed by atoms with E-state index in [9.17, 15) is 0 Å². The number of benzene rings is 1. The average molecular weight is 254 g/mol. The average Bonchev–Trinajstić information content (AvgIpc) is 2.17. The van der Waals surface area contributed by atoms with Crippen molar-refractivity contribution in [3.8, 4) is 11.8 Å². The Labute approximate surface area is 92.6 Å². The highest BCUT2D eigenvalue weighted by Crippen LogP contribution is 2.32. The van der Waals surface area contributed by atoms with Crippen molar-refractivity contribution >= 4 is 15.9 Å². The summed E-state index contributed by atoms with van der Waals surface area (Å²) in [6, 6.07) is 5.98. The van der Waals surface area contributed by atoms with Crippen LogP contribution in [0.2, 0.25) is 0 Å². The Bertz CT molecular complexity index is 380. The molecule has 0 radical (unpaired) electrons. The summed E-state index contributed by atoms with van der Waals surface area (Å²) in [6.07, 6.45) is 0. The van der Waals surface area contributed by atoms with Gasteiger partial charge in [-0.1, -0.05) is 13.8 Å². The topological polar surface area (TPSA) is 33.0 Å². The van der Waals surface area contributed by atoms with Crippen LogP contribution in [0.5, 0.6) is 5.75 Å². The van der Waals surface area contributed by atoms with Gasteiger partial charge >= 0.3 is 0 Å². The van der Waals surface area contributed by atoms with Crippen molar-refractivity contribution in [1.29, 1.82) is 5.26 Å². The molecule has 0 aliphatic rings. The minimum Gasteiger partial charge on any atom is -0.496 e. The van der Waals surface area contributed by atoms with Gasteiger partial charge in [0.1, 0.15) is 11.8 Å². The number of nitrogens with zero attached hydrogens (tertiary/aromatic N) is 1. The molecule has 0 heterocycles. The highest BCUT2D eigenvalue weighted by molar-refractivity contribution is 9.10. The SMILES string of the molecule is COc1cc(C(C)C)cc(C#N)c1Br. The fourth-order valence-electron chi connectivity index (χ4n) is 1.18. The third kappa shape index (κ3) is 2.08. The molecule has 0 fully saturated rings. The van der Waals surface area contributed by atoms with Crippen LogP contribution in [0.25, 0.3) is 0 Å². The maximum atomic E-state index is 8.91. The zero-order chi connectivity index (χ0) is 10.7. The van der Waals surface area contributed by atoms with Crippen LogP contribution in [0.15, 0.2) is 16.6 Å². The van der Waals surface area contributed by atoms with E-state index >= 15 is 0 Å². The fraction of sp³-hybridized carbons (Fsp3) is 0.364. The van der Waals surface area contributed by atoms with Gasteiger partial charge in [0.15, 0.2) is 0 Å². The van der Waals surface area contributed by atoms with Crippen molar-refractivity contribution in [3.05, 3.63) is 27.7 Å². The molecule has 1 rings (SSSR count). The lowest BCUT2D eigenvalue weighted by Gasteiger charge is -2.10. The number of rotatable bonds is 2. The quantitative estimate of drug-likeness (QED) is 0.809. The Hall–Kier alpha value is -1.01. The predicted octanol–water partition coefficient (Wildman–Crippen LogP) is 3.45. The first-order valence-electron chi connectivity index (χ1n) is 4.37. The van der Waals surface area contributed by atoms with Gasteiger partial charge in [-0.15, -0.1) is 0 Å². The Morgan fingerprint density at radius 3 is 2.50 bits per heavy atom. The van der Waals surface area contributed by atoms with Gasteiger partial charge in [0.25, 0.3) is 0 Å². The number of methoxy groups -OCH3 is 1. The van der Waals surface area contributed by atoms with Crippen molar-refractivity contribution in [1.82, 2.24) is 0 Å². The van der Waals surface area contributed by atoms with Crippen molar-refractivity contribution in [2.45, 2.75) is 19.8 Å². The van der Waals surface area contributed by atoms with Crippen LogP contribution < -0.4 is 4.74 Å². The maximum absolute atomic E-state index is 8.91. The standard InChI is InChI=1S/C11H12BrNO/c1-7(2)8-4-9(6-13)11(12)10(5-8)14-3/h4-5,7H,1-3H3. The summed E-state index contributed by atoms with van der Waals surface area (Å²) in [5, 5.41) is 8.91. The third-order valence-electron chi connectivity index (χ3n) is 2.07. The Kier molecular flexibility index (Phi) is 3.54. The summed E-state index contributed by atoms with van der Waals surface area (Å²) >= 11 is 3.34. The third-order valence-corrected chi connectivity index (χ3v) is 2.89. The minimum absolute atomic E-state index is 0.393. The van der Waals surface area contributed by atoms with Gasteiger partial charge in [0.2, 0.25) is 0 Å². The molecular formula is C11H12BrNO. The summed E-state index contributed by atoms with van der Waals surface area (Å²) < 4.78 is 5.91. The maximum Gasteiger partial charge on any atom is 0.134 e. The van der Waals surface area contributed by atoms with E-state index in [-0.39, 0.29) is 0 Å². The van der Waals surface area contributed by atoms with Crippen LogP contribution >= 0.6 is 15.9 Å². The molecule has 0 saturated heterocycles. The molecule has 0 spiro atoms. The smallest absolute Gasteiger partial charge is 0.134 e. The van der Waals surface area contributed by atoms with Crippen LogP contribution in [0, 0.1) is 11.3 Å². The molecule has 0 saturated carbocycles. The molecular weight excluding hydrogens is 242 g/mol. The normalized spacial score (nSPS) is 10.0. The molecule has 0 bridgehead atoms. The first-order valence-corrected chi connectivity index (χ1v) is 5.17. The van der Waals surface area contributed by atoms with Crippen molar-refractivity contribution in [3.63, 3.8) is 0 Å². The second-order valence-corrected chi connectivity index (χ2v) is 4.14. The lowest BCUT2D eigenvalue weighted by Crippen LogP contribution is -1.93. The number of hydrogen-bond acceptors (Lipinski definition) is 2. The number of ether oxygens (including phenoxy) is 1. The highest BCUT2D eigenvalue weighted by atomic mass is 79.9. The van der Waals surface area contributed by atoms with Gasteiger partial charge in [0.05, 0.1) is 17.1 Å². The number of halogens is 1. The molecule has 3 heteroatoms. The number of hydrogen-bond donors (Lipinski definition) is 0. The summed E-state index contributed by atoms with van der Waals surface area (Å²) in [7, 11) is 1.60. The summed E-state index contributed by atoms with van der Waals surface area (Å²) in [4.78, 5) is 0. The first-order chi connectivity index (χ1) is 6.60. The molecule has 0 amide bonds. The van der Waals surface area contributed by atoms with Gasteiger partial charge in [0, 0.05) is 0 Å². The van der Waals surface area contributed by atoms with Gasteiger partial charge in [-0.2, -0.15) is 5.26 Å². The molecule has 0 aliphatic heterocycles. The van der Waals surface area contributed by atoms with E-state index in [1.165, 1.54) is 0 Å². The Morgan fingerprint density at radius 1 is 1.43 bits per heavy atom. The monoisotopic (exact) mass is 253 g/mol. The first kappa shape index (κ1) is 11.1. The van der Waals surface area contributed by atoms with Crippen LogP contribution in [-0.4, -0.2) is 7.11 Å². The molecule has 14 heavy (non-hydrogen) atoms. The lowest BCUT2D eigenvalue weighted by molar-refractivity contribution is 0.411. The minimum atomic E-state index is 0.393. The molecule has 0 aromatic heterocycles. The molecule has 1 aromatic rings. The van der Waals surface area contributed by atoms with E-state index in [0.717, 1.165) is 10.0 Å². The Morgan fingerprint density at radius 2 is 2.07 bits per heavy atom. The van der Waals surface area contributed by atoms with Gasteiger partial charge in [-0.3, -0.25) is 0 Å². The molecule has 0 N–H and O–H groups in total. The van der Waals surface area contributed by atoms with Gasteiger partial charge in [-0.05, 0) is 39.5 Å². The molecule has 74 valence electrons. The van der Waals surface area contributed by atoms with E-state index in [2.05, 4.69) is 35.8 Å². The van der Waals surface area contributed by atoms with Crippen LogP contribution in [0.1, 0.15) is 30.9 Å². The molecule has 1 aromatic carbocycles. The largest absolute Gasteiger partial charge is 0.496 e. The van der Waals surface area contributed by atoms with Crippen molar-refractivity contribution in [2.75, 3.05) is 7.11 Å².